The molecule has 1 atom stereocenters. The minimum Gasteiger partial charge on any atom is -0.356 e. The lowest BCUT2D eigenvalue weighted by molar-refractivity contribution is -0.124. The van der Waals surface area contributed by atoms with Gasteiger partial charge >= 0.3 is 0 Å². The number of hydrogen-bond acceptors (Lipinski definition) is 2. The van der Waals surface area contributed by atoms with Gasteiger partial charge in [-0.25, -0.2) is 0 Å². The molecule has 0 radical (unpaired) electrons. The highest BCUT2D eigenvalue weighted by molar-refractivity contribution is 5.78. The first-order valence-electron chi connectivity index (χ1n) is 5.89. The Labute approximate surface area is 92.1 Å². The van der Waals surface area contributed by atoms with E-state index in [1.54, 1.807) is 0 Å². The van der Waals surface area contributed by atoms with Crippen molar-refractivity contribution in [2.75, 3.05) is 13.1 Å². The smallest absolute Gasteiger partial charge is 0.224 e. The van der Waals surface area contributed by atoms with Gasteiger partial charge in [0.25, 0.3) is 0 Å². The molecule has 0 bridgehead atoms. The molecule has 0 aromatic heterocycles. The number of nitrogens with two attached hydrogens (primary N) is 1. The predicted molar refractivity (Wildman–Crippen MR) is 62.4 cm³/mol. The van der Waals surface area contributed by atoms with Crippen molar-refractivity contribution in [3.05, 3.63) is 11.6 Å². The average Bonchev–Trinajstić information content (AvgIpc) is 2.29. The third kappa shape index (κ3) is 4.47. The Hall–Kier alpha value is -0.830. The minimum absolute atomic E-state index is 0.0645. The van der Waals surface area contributed by atoms with E-state index in [0.29, 0.717) is 6.54 Å². The lowest BCUT2D eigenvalue weighted by atomic mass is 9.97. The van der Waals surface area contributed by atoms with Gasteiger partial charge in [0.15, 0.2) is 0 Å². The van der Waals surface area contributed by atoms with Crippen molar-refractivity contribution in [2.24, 2.45) is 11.7 Å². The normalized spacial score (nSPS) is 18.1. The Morgan fingerprint density at radius 1 is 1.60 bits per heavy atom. The number of carbonyl (C=O) groups is 1. The van der Waals surface area contributed by atoms with E-state index in [4.69, 9.17) is 5.73 Å². The van der Waals surface area contributed by atoms with E-state index in [0.717, 1.165) is 13.0 Å². The summed E-state index contributed by atoms with van der Waals surface area (Å²) in [7, 11) is 0. The number of amides is 1. The van der Waals surface area contributed by atoms with E-state index in [2.05, 4.69) is 11.4 Å². The molecule has 3 heteroatoms. The van der Waals surface area contributed by atoms with E-state index in [1.165, 1.54) is 31.3 Å². The fourth-order valence-electron chi connectivity index (χ4n) is 1.76. The molecule has 0 saturated carbocycles. The van der Waals surface area contributed by atoms with Gasteiger partial charge < -0.3 is 11.1 Å². The van der Waals surface area contributed by atoms with E-state index >= 15 is 0 Å². The van der Waals surface area contributed by atoms with Gasteiger partial charge in [-0.15, -0.1) is 0 Å². The van der Waals surface area contributed by atoms with Crippen LogP contribution in [0.5, 0.6) is 0 Å². The summed E-state index contributed by atoms with van der Waals surface area (Å²) in [5.74, 6) is 0.0132. The molecule has 3 nitrogen and oxygen atoms in total. The van der Waals surface area contributed by atoms with Gasteiger partial charge in [0, 0.05) is 19.0 Å². The Bertz CT molecular complexity index is 236. The second-order valence-electron chi connectivity index (χ2n) is 4.29. The van der Waals surface area contributed by atoms with Crippen molar-refractivity contribution >= 4 is 5.91 Å². The second kappa shape index (κ2) is 6.62. The summed E-state index contributed by atoms with van der Waals surface area (Å²) < 4.78 is 0. The maximum absolute atomic E-state index is 11.4. The molecule has 0 fully saturated rings. The summed E-state index contributed by atoms with van der Waals surface area (Å²) in [6, 6.07) is 0. The van der Waals surface area contributed by atoms with Crippen LogP contribution in [0.4, 0.5) is 0 Å². The summed E-state index contributed by atoms with van der Waals surface area (Å²) >= 11 is 0. The number of carbonyl (C=O) groups excluding carboxylic acids is 1. The molecule has 0 aromatic rings. The zero-order valence-electron chi connectivity index (χ0n) is 9.59. The van der Waals surface area contributed by atoms with Crippen LogP contribution in [0, 0.1) is 5.92 Å². The van der Waals surface area contributed by atoms with Gasteiger partial charge in [-0.05, 0) is 32.1 Å². The summed E-state index contributed by atoms with van der Waals surface area (Å²) in [6.07, 6.45) is 8.37. The highest BCUT2D eigenvalue weighted by atomic mass is 16.1. The molecule has 1 unspecified atom stereocenters. The van der Waals surface area contributed by atoms with Gasteiger partial charge in [0.2, 0.25) is 5.91 Å². The monoisotopic (exact) mass is 210 g/mol. The van der Waals surface area contributed by atoms with Crippen LogP contribution in [0.2, 0.25) is 0 Å². The molecule has 0 heterocycles. The van der Waals surface area contributed by atoms with Gasteiger partial charge in [-0.3, -0.25) is 4.79 Å². The van der Waals surface area contributed by atoms with Crippen LogP contribution in [0.15, 0.2) is 11.6 Å². The molecule has 0 spiro atoms. The Kier molecular flexibility index (Phi) is 5.40. The zero-order chi connectivity index (χ0) is 11.1. The molecule has 0 aromatic carbocycles. The van der Waals surface area contributed by atoms with E-state index < -0.39 is 0 Å². The largest absolute Gasteiger partial charge is 0.356 e. The van der Waals surface area contributed by atoms with Crippen molar-refractivity contribution in [1.29, 1.82) is 0 Å². The van der Waals surface area contributed by atoms with E-state index in [9.17, 15) is 4.79 Å². The molecule has 1 aliphatic carbocycles. The number of hydrogen-bond donors (Lipinski definition) is 2. The Morgan fingerprint density at radius 3 is 3.00 bits per heavy atom. The van der Waals surface area contributed by atoms with Crippen LogP contribution < -0.4 is 11.1 Å². The molecule has 1 rings (SSSR count). The van der Waals surface area contributed by atoms with Crippen LogP contribution in [-0.2, 0) is 4.79 Å². The van der Waals surface area contributed by atoms with Crippen LogP contribution in [0.1, 0.15) is 39.0 Å². The first-order valence-corrected chi connectivity index (χ1v) is 5.89. The number of allylic oxidation sites excluding steroid dienone is 1. The molecule has 0 aliphatic heterocycles. The summed E-state index contributed by atoms with van der Waals surface area (Å²) in [5, 5.41) is 2.92. The maximum atomic E-state index is 11.4. The minimum atomic E-state index is -0.0645. The molecular formula is C12H22N2O. The Balaban J connectivity index is 2.15. The average molecular weight is 210 g/mol. The third-order valence-electron chi connectivity index (χ3n) is 2.93. The van der Waals surface area contributed by atoms with Gasteiger partial charge in [-0.2, -0.15) is 0 Å². The first kappa shape index (κ1) is 12.2. The molecule has 0 saturated heterocycles. The predicted octanol–water partition coefficient (Wildman–Crippen LogP) is 1.59. The molecule has 86 valence electrons. The first-order chi connectivity index (χ1) is 7.24. The van der Waals surface area contributed by atoms with Crippen molar-refractivity contribution in [3.63, 3.8) is 0 Å². The van der Waals surface area contributed by atoms with E-state index in [-0.39, 0.29) is 11.8 Å². The van der Waals surface area contributed by atoms with Crippen LogP contribution in [0.3, 0.4) is 0 Å². The van der Waals surface area contributed by atoms with Crippen molar-refractivity contribution < 1.29 is 4.79 Å². The van der Waals surface area contributed by atoms with Gasteiger partial charge in [0.1, 0.15) is 0 Å². The fourth-order valence-corrected chi connectivity index (χ4v) is 1.76. The Morgan fingerprint density at radius 2 is 2.40 bits per heavy atom. The molecule has 1 amide bonds. The fraction of sp³-hybridized carbons (Fsp3) is 0.750. The highest BCUT2D eigenvalue weighted by Crippen LogP contribution is 2.19. The van der Waals surface area contributed by atoms with E-state index in [1.807, 2.05) is 6.92 Å². The molecule has 1 aliphatic rings. The molecular weight excluding hydrogens is 188 g/mol. The highest BCUT2D eigenvalue weighted by Gasteiger charge is 2.10. The molecule has 15 heavy (non-hydrogen) atoms. The lowest BCUT2D eigenvalue weighted by Gasteiger charge is -2.14. The number of rotatable bonds is 5. The summed E-state index contributed by atoms with van der Waals surface area (Å²) in [5.41, 5.74) is 6.92. The maximum Gasteiger partial charge on any atom is 0.224 e. The van der Waals surface area contributed by atoms with Gasteiger partial charge in [0.05, 0.1) is 0 Å². The third-order valence-corrected chi connectivity index (χ3v) is 2.93. The second-order valence-corrected chi connectivity index (χ2v) is 4.29. The zero-order valence-corrected chi connectivity index (χ0v) is 9.59. The lowest BCUT2D eigenvalue weighted by Crippen LogP contribution is -2.33. The summed E-state index contributed by atoms with van der Waals surface area (Å²) in [6.45, 7) is 3.04. The number of nitrogens with one attached hydrogen (secondary N) is 1. The quantitative estimate of drug-likeness (QED) is 0.677. The van der Waals surface area contributed by atoms with Crippen molar-refractivity contribution in [1.82, 2.24) is 5.32 Å². The standard InChI is InChI=1S/C12H22N2O/c1-10(9-13)12(15)14-8-7-11-5-3-2-4-6-11/h5,10H,2-4,6-9,13H2,1H3,(H,14,15). The van der Waals surface area contributed by atoms with Gasteiger partial charge in [-0.1, -0.05) is 18.6 Å². The topological polar surface area (TPSA) is 55.1 Å². The molecule has 3 N–H and O–H groups in total. The van der Waals surface area contributed by atoms with Crippen LogP contribution in [-0.4, -0.2) is 19.0 Å². The van der Waals surface area contributed by atoms with Crippen LogP contribution in [0.25, 0.3) is 0 Å². The van der Waals surface area contributed by atoms with Crippen molar-refractivity contribution in [3.8, 4) is 0 Å². The SMILES string of the molecule is CC(CN)C(=O)NCCC1=CCCCC1. The van der Waals surface area contributed by atoms with Crippen molar-refractivity contribution in [2.45, 2.75) is 39.0 Å². The summed E-state index contributed by atoms with van der Waals surface area (Å²) in [4.78, 5) is 11.4. The van der Waals surface area contributed by atoms with Crippen LogP contribution >= 0.6 is 0 Å².